The number of para-hydroxylation sites is 1. The van der Waals surface area contributed by atoms with E-state index in [0.29, 0.717) is 5.69 Å². The first-order valence-corrected chi connectivity index (χ1v) is 14.7. The van der Waals surface area contributed by atoms with Gasteiger partial charge in [0, 0.05) is 5.92 Å². The van der Waals surface area contributed by atoms with E-state index in [2.05, 4.69) is 71.9 Å². The van der Waals surface area contributed by atoms with Crippen LogP contribution in [0.15, 0.2) is 99.9 Å². The Labute approximate surface area is 250 Å². The summed E-state index contributed by atoms with van der Waals surface area (Å²) in [6.45, 7) is 3.90. The van der Waals surface area contributed by atoms with Gasteiger partial charge >= 0.3 is 0 Å². The molecule has 9 nitrogen and oxygen atoms in total. The van der Waals surface area contributed by atoms with Crippen LogP contribution in [0.5, 0.6) is 0 Å². The van der Waals surface area contributed by atoms with Gasteiger partial charge in [0.1, 0.15) is 6.54 Å². The van der Waals surface area contributed by atoms with Gasteiger partial charge in [0.2, 0.25) is 0 Å². The predicted octanol–water partition coefficient (Wildman–Crippen LogP) is 5.42. The standard InChI is InChI=1S/C34H32N6O3/c1-21-11-15-23(16-12-21)19-25-7-6-10-27-29(25)36-40(31(27)24-17-13-22(2)14-18-24)28(41)20-38-32-30(35-37-38)33(42)39(34(32)43)26-8-4-3-5-9-26/h3-5,8-9,11-19,27,30-32H,6-7,10,20H2,1-2H3/b25-19+/t27-,30+,31+,32+/m1/s1. The van der Waals surface area contributed by atoms with Gasteiger partial charge in [-0.05, 0) is 68.0 Å². The fourth-order valence-electron chi connectivity index (χ4n) is 6.56. The maximum atomic E-state index is 14.1. The molecule has 3 aromatic rings. The van der Waals surface area contributed by atoms with E-state index >= 15 is 0 Å². The lowest BCUT2D eigenvalue weighted by Crippen LogP contribution is -2.45. The Bertz CT molecular complexity index is 1680. The normalized spacial score (nSPS) is 25.4. The first kappa shape index (κ1) is 26.9. The number of benzene rings is 3. The molecule has 0 aromatic heterocycles. The van der Waals surface area contributed by atoms with E-state index < -0.39 is 23.9 Å². The molecule has 0 radical (unpaired) electrons. The van der Waals surface area contributed by atoms with Crippen molar-refractivity contribution in [3.63, 3.8) is 0 Å². The van der Waals surface area contributed by atoms with E-state index in [4.69, 9.17) is 5.10 Å². The van der Waals surface area contributed by atoms with Crippen molar-refractivity contribution in [1.29, 1.82) is 0 Å². The number of hydrogen-bond donors (Lipinski definition) is 0. The Morgan fingerprint density at radius 3 is 2.30 bits per heavy atom. The van der Waals surface area contributed by atoms with Crippen molar-refractivity contribution in [3.8, 4) is 0 Å². The van der Waals surface area contributed by atoms with Crippen LogP contribution < -0.4 is 4.90 Å². The van der Waals surface area contributed by atoms with Crippen LogP contribution in [-0.2, 0) is 14.4 Å². The summed E-state index contributed by atoms with van der Waals surface area (Å²) in [5.74, 6) is -1.11. The minimum atomic E-state index is -0.968. The molecule has 3 amide bonds. The predicted molar refractivity (Wildman–Crippen MR) is 163 cm³/mol. The summed E-state index contributed by atoms with van der Waals surface area (Å²) in [5, 5.41) is 16.2. The fourth-order valence-corrected chi connectivity index (χ4v) is 6.56. The van der Waals surface area contributed by atoms with Gasteiger partial charge in [0.15, 0.2) is 12.1 Å². The van der Waals surface area contributed by atoms with Crippen LogP contribution in [0.4, 0.5) is 5.69 Å². The van der Waals surface area contributed by atoms with Crippen molar-refractivity contribution >= 4 is 35.2 Å². The average molecular weight is 573 g/mol. The molecule has 3 aromatic carbocycles. The number of anilines is 1. The molecule has 3 heterocycles. The number of carbonyl (C=O) groups excluding carboxylic acids is 3. The van der Waals surface area contributed by atoms with E-state index in [1.165, 1.54) is 10.6 Å². The molecule has 7 rings (SSSR count). The number of rotatable bonds is 5. The van der Waals surface area contributed by atoms with Crippen molar-refractivity contribution in [2.75, 3.05) is 11.4 Å². The van der Waals surface area contributed by atoms with Gasteiger partial charge in [-0.3, -0.25) is 19.4 Å². The van der Waals surface area contributed by atoms with Crippen LogP contribution in [-0.4, -0.2) is 52.1 Å². The lowest BCUT2D eigenvalue weighted by atomic mass is 9.77. The van der Waals surface area contributed by atoms with Crippen LogP contribution in [0.25, 0.3) is 6.08 Å². The quantitative estimate of drug-likeness (QED) is 0.381. The molecule has 3 aliphatic heterocycles. The maximum Gasteiger partial charge on any atom is 0.264 e. The highest BCUT2D eigenvalue weighted by Crippen LogP contribution is 2.45. The minimum absolute atomic E-state index is 0.0494. The maximum absolute atomic E-state index is 14.1. The molecule has 4 atom stereocenters. The molecule has 1 saturated heterocycles. The van der Waals surface area contributed by atoms with Gasteiger partial charge < -0.3 is 0 Å². The van der Waals surface area contributed by atoms with Crippen LogP contribution >= 0.6 is 0 Å². The molecule has 4 aliphatic rings. The highest BCUT2D eigenvalue weighted by atomic mass is 16.2. The summed E-state index contributed by atoms with van der Waals surface area (Å²) in [5.41, 5.74) is 7.03. The summed E-state index contributed by atoms with van der Waals surface area (Å²) in [6.07, 6.45) is 4.99. The molecule has 0 spiro atoms. The molecule has 0 bridgehead atoms. The SMILES string of the molecule is Cc1ccc(/C=C2\CCC[C@@H]3C2=NN(C(=O)CN2N=N[C@@H]4C(=O)N(c5ccccc5)C(=O)[C@H]42)[C@H]3c2ccc(C)cc2)cc1. The Balaban J connectivity index is 1.19. The molecule has 9 heteroatoms. The highest BCUT2D eigenvalue weighted by molar-refractivity contribution is 6.25. The number of aryl methyl sites for hydroxylation is 2. The van der Waals surface area contributed by atoms with Crippen molar-refractivity contribution in [3.05, 3.63) is 107 Å². The van der Waals surface area contributed by atoms with E-state index in [-0.39, 0.29) is 24.4 Å². The Morgan fingerprint density at radius 2 is 1.58 bits per heavy atom. The zero-order valence-electron chi connectivity index (χ0n) is 24.1. The fraction of sp³-hybridized carbons (Fsp3) is 0.294. The summed E-state index contributed by atoms with van der Waals surface area (Å²) < 4.78 is 0. The second kappa shape index (κ2) is 10.7. The molecular formula is C34H32N6O3. The van der Waals surface area contributed by atoms with Gasteiger partial charge in [0.05, 0.1) is 17.4 Å². The van der Waals surface area contributed by atoms with E-state index in [1.54, 1.807) is 29.3 Å². The minimum Gasteiger partial charge on any atom is -0.271 e. The summed E-state index contributed by atoms with van der Waals surface area (Å²) >= 11 is 0. The van der Waals surface area contributed by atoms with Gasteiger partial charge in [-0.25, -0.2) is 9.91 Å². The molecule has 0 unspecified atom stereocenters. The third kappa shape index (κ3) is 4.74. The third-order valence-corrected chi connectivity index (χ3v) is 8.76. The molecule has 43 heavy (non-hydrogen) atoms. The second-order valence-corrected chi connectivity index (χ2v) is 11.7. The number of hydrogen-bond acceptors (Lipinski definition) is 7. The highest BCUT2D eigenvalue weighted by Gasteiger charge is 2.55. The van der Waals surface area contributed by atoms with Gasteiger partial charge in [-0.1, -0.05) is 83.1 Å². The zero-order valence-corrected chi connectivity index (χ0v) is 24.1. The van der Waals surface area contributed by atoms with Crippen molar-refractivity contribution < 1.29 is 14.4 Å². The number of hydrazone groups is 1. The number of carbonyl (C=O) groups is 3. The summed E-state index contributed by atoms with van der Waals surface area (Å²) in [7, 11) is 0. The van der Waals surface area contributed by atoms with Gasteiger partial charge in [-0.15, -0.1) is 0 Å². The van der Waals surface area contributed by atoms with Crippen molar-refractivity contribution in [2.24, 2.45) is 21.4 Å². The van der Waals surface area contributed by atoms with Gasteiger partial charge in [-0.2, -0.15) is 10.2 Å². The smallest absolute Gasteiger partial charge is 0.264 e. The average Bonchev–Trinajstić information content (AvgIpc) is 3.68. The summed E-state index contributed by atoms with van der Waals surface area (Å²) in [4.78, 5) is 41.8. The molecule has 2 fully saturated rings. The monoisotopic (exact) mass is 572 g/mol. The Morgan fingerprint density at radius 1 is 0.884 bits per heavy atom. The van der Waals surface area contributed by atoms with Crippen LogP contribution in [0.3, 0.4) is 0 Å². The van der Waals surface area contributed by atoms with Gasteiger partial charge in [0.25, 0.3) is 17.7 Å². The number of nitrogens with zero attached hydrogens (tertiary/aromatic N) is 6. The number of fused-ring (bicyclic) bond motifs is 2. The molecule has 216 valence electrons. The molecule has 1 saturated carbocycles. The van der Waals surface area contributed by atoms with Crippen molar-refractivity contribution in [1.82, 2.24) is 10.0 Å². The van der Waals surface area contributed by atoms with E-state index in [9.17, 15) is 14.4 Å². The third-order valence-electron chi connectivity index (χ3n) is 8.76. The molecular weight excluding hydrogens is 540 g/mol. The first-order chi connectivity index (χ1) is 20.9. The Kier molecular flexibility index (Phi) is 6.72. The van der Waals surface area contributed by atoms with Crippen LogP contribution in [0, 0.1) is 19.8 Å². The second-order valence-electron chi connectivity index (χ2n) is 11.7. The zero-order chi connectivity index (χ0) is 29.7. The Hall–Kier alpha value is -4.92. The van der Waals surface area contributed by atoms with Crippen LogP contribution in [0.1, 0.15) is 47.6 Å². The topological polar surface area (TPSA) is 98.0 Å². The lowest BCUT2D eigenvalue weighted by Gasteiger charge is -2.30. The number of amides is 3. The van der Waals surface area contributed by atoms with E-state index in [0.717, 1.165) is 52.1 Å². The number of imide groups is 1. The number of allylic oxidation sites excluding steroid dienone is 1. The molecule has 0 N–H and O–H groups in total. The largest absolute Gasteiger partial charge is 0.271 e. The van der Waals surface area contributed by atoms with Crippen molar-refractivity contribution in [2.45, 2.75) is 51.2 Å². The summed E-state index contributed by atoms with van der Waals surface area (Å²) in [6, 6.07) is 23.2. The molecule has 1 aliphatic carbocycles. The van der Waals surface area contributed by atoms with E-state index in [1.807, 2.05) is 13.0 Å². The van der Waals surface area contributed by atoms with Crippen LogP contribution in [0.2, 0.25) is 0 Å². The lowest BCUT2D eigenvalue weighted by molar-refractivity contribution is -0.136. The first-order valence-electron chi connectivity index (χ1n) is 14.7.